The summed E-state index contributed by atoms with van der Waals surface area (Å²) < 4.78 is 44.2. The molecule has 3 heterocycles. The van der Waals surface area contributed by atoms with E-state index in [0.29, 0.717) is 22.9 Å². The van der Waals surface area contributed by atoms with Crippen LogP contribution in [0.25, 0.3) is 11.3 Å². The SMILES string of the molecule is Cc1cc(C(F)(F)F)cc(O)c1-c1cc2c(nn1)N(C1CCOCC1)CC2. The molecule has 0 atom stereocenters. The van der Waals surface area contributed by atoms with Gasteiger partial charge in [0.1, 0.15) is 5.75 Å². The molecule has 5 nitrogen and oxygen atoms in total. The van der Waals surface area contributed by atoms with E-state index in [-0.39, 0.29) is 0 Å². The lowest BCUT2D eigenvalue weighted by Crippen LogP contribution is -2.38. The Morgan fingerprint density at radius 2 is 1.89 bits per heavy atom. The molecule has 0 amide bonds. The summed E-state index contributed by atoms with van der Waals surface area (Å²) in [7, 11) is 0. The lowest BCUT2D eigenvalue weighted by atomic mass is 9.99. The summed E-state index contributed by atoms with van der Waals surface area (Å²) in [5.41, 5.74) is 1.14. The number of benzene rings is 1. The molecule has 0 bridgehead atoms. The fraction of sp³-hybridized carbons (Fsp3) is 0.474. The van der Waals surface area contributed by atoms with Crippen LogP contribution in [0, 0.1) is 6.92 Å². The zero-order valence-corrected chi connectivity index (χ0v) is 14.9. The minimum Gasteiger partial charge on any atom is -0.507 e. The van der Waals surface area contributed by atoms with E-state index in [1.165, 1.54) is 6.92 Å². The normalized spacial score (nSPS) is 18.0. The molecular formula is C19H20F3N3O2. The second kappa shape index (κ2) is 6.67. The van der Waals surface area contributed by atoms with Gasteiger partial charge in [0.25, 0.3) is 0 Å². The second-order valence-electron chi connectivity index (χ2n) is 7.05. The second-order valence-corrected chi connectivity index (χ2v) is 7.05. The number of ether oxygens (including phenoxy) is 1. The predicted molar refractivity (Wildman–Crippen MR) is 93.8 cm³/mol. The van der Waals surface area contributed by atoms with E-state index in [1.807, 2.05) is 6.07 Å². The number of fused-ring (bicyclic) bond motifs is 1. The van der Waals surface area contributed by atoms with E-state index in [4.69, 9.17) is 4.74 Å². The molecule has 0 saturated carbocycles. The first-order chi connectivity index (χ1) is 12.8. The number of hydrogen-bond donors (Lipinski definition) is 1. The van der Waals surface area contributed by atoms with Gasteiger partial charge in [-0.05, 0) is 49.9 Å². The number of halogens is 3. The van der Waals surface area contributed by atoms with Gasteiger partial charge >= 0.3 is 6.18 Å². The minimum atomic E-state index is -4.51. The Morgan fingerprint density at radius 3 is 2.56 bits per heavy atom. The molecule has 4 rings (SSSR count). The average molecular weight is 379 g/mol. The van der Waals surface area contributed by atoms with Crippen molar-refractivity contribution in [1.82, 2.24) is 10.2 Å². The third-order valence-electron chi connectivity index (χ3n) is 5.27. The number of rotatable bonds is 2. The lowest BCUT2D eigenvalue weighted by molar-refractivity contribution is -0.137. The van der Waals surface area contributed by atoms with E-state index in [2.05, 4.69) is 15.1 Å². The zero-order chi connectivity index (χ0) is 19.2. The predicted octanol–water partition coefficient (Wildman–Crippen LogP) is 3.72. The molecule has 0 unspecified atom stereocenters. The molecule has 1 saturated heterocycles. The Labute approximate surface area is 154 Å². The van der Waals surface area contributed by atoms with Crippen LogP contribution in [0.4, 0.5) is 19.0 Å². The van der Waals surface area contributed by atoms with E-state index in [0.717, 1.165) is 62.5 Å². The lowest BCUT2D eigenvalue weighted by Gasteiger charge is -2.32. The van der Waals surface area contributed by atoms with Crippen LogP contribution in [0.5, 0.6) is 5.75 Å². The van der Waals surface area contributed by atoms with Crippen molar-refractivity contribution in [2.45, 2.75) is 38.4 Å². The monoisotopic (exact) mass is 379 g/mol. The summed E-state index contributed by atoms with van der Waals surface area (Å²) >= 11 is 0. The fourth-order valence-electron chi connectivity index (χ4n) is 3.94. The van der Waals surface area contributed by atoms with Gasteiger partial charge < -0.3 is 14.7 Å². The van der Waals surface area contributed by atoms with Crippen molar-refractivity contribution in [3.05, 3.63) is 34.9 Å². The summed E-state index contributed by atoms with van der Waals surface area (Å²) in [6.45, 7) is 3.85. The summed E-state index contributed by atoms with van der Waals surface area (Å²) in [4.78, 5) is 2.24. The molecule has 2 aliphatic heterocycles. The highest BCUT2D eigenvalue weighted by molar-refractivity contribution is 5.73. The van der Waals surface area contributed by atoms with E-state index in [9.17, 15) is 18.3 Å². The first-order valence-electron chi connectivity index (χ1n) is 8.97. The Balaban J connectivity index is 1.67. The number of aromatic nitrogens is 2. The smallest absolute Gasteiger partial charge is 0.416 e. The van der Waals surface area contributed by atoms with Crippen LogP contribution in [0.15, 0.2) is 18.2 Å². The van der Waals surface area contributed by atoms with Gasteiger partial charge in [0.15, 0.2) is 5.82 Å². The molecule has 27 heavy (non-hydrogen) atoms. The third kappa shape index (κ3) is 3.34. The molecule has 8 heteroatoms. The van der Waals surface area contributed by atoms with Crippen molar-refractivity contribution in [3.8, 4) is 17.0 Å². The first kappa shape index (κ1) is 18.0. The van der Waals surface area contributed by atoms with E-state index in [1.54, 1.807) is 0 Å². The van der Waals surface area contributed by atoms with Crippen molar-refractivity contribution < 1.29 is 23.0 Å². The van der Waals surface area contributed by atoms with E-state index < -0.39 is 17.5 Å². The molecule has 1 N–H and O–H groups in total. The number of nitrogens with zero attached hydrogens (tertiary/aromatic N) is 3. The highest BCUT2D eigenvalue weighted by atomic mass is 19.4. The number of phenolic OH excluding ortho intramolecular Hbond substituents is 1. The standard InChI is InChI=1S/C19H20F3N3O2/c1-11-8-13(19(20,21)22)10-16(26)17(11)15-9-12-2-5-25(18(12)24-23-15)14-3-6-27-7-4-14/h8-10,14,26H,2-7H2,1H3. The summed E-state index contributed by atoms with van der Waals surface area (Å²) in [6.07, 6.45) is -1.81. The Hall–Kier alpha value is -2.35. The summed E-state index contributed by atoms with van der Waals surface area (Å²) in [6, 6.07) is 3.97. The first-order valence-corrected chi connectivity index (χ1v) is 8.97. The minimum absolute atomic E-state index is 0.294. The molecule has 2 aromatic rings. The molecule has 0 radical (unpaired) electrons. The maximum absolute atomic E-state index is 12.9. The number of hydrogen-bond acceptors (Lipinski definition) is 5. The topological polar surface area (TPSA) is 58.5 Å². The fourth-order valence-corrected chi connectivity index (χ4v) is 3.94. The van der Waals surface area contributed by atoms with Gasteiger partial charge in [0.05, 0.1) is 11.3 Å². The van der Waals surface area contributed by atoms with Gasteiger partial charge in [-0.1, -0.05) is 0 Å². The molecule has 0 aliphatic carbocycles. The average Bonchev–Trinajstić information content (AvgIpc) is 3.04. The molecule has 144 valence electrons. The zero-order valence-electron chi connectivity index (χ0n) is 14.9. The largest absolute Gasteiger partial charge is 0.507 e. The maximum Gasteiger partial charge on any atom is 0.416 e. The van der Waals surface area contributed by atoms with Gasteiger partial charge in [-0.2, -0.15) is 13.2 Å². The number of aromatic hydroxyl groups is 1. The molecule has 1 fully saturated rings. The quantitative estimate of drug-likeness (QED) is 0.862. The van der Waals surface area contributed by atoms with Gasteiger partial charge in [0, 0.05) is 36.9 Å². The van der Waals surface area contributed by atoms with Crippen molar-refractivity contribution in [1.29, 1.82) is 0 Å². The summed E-state index contributed by atoms with van der Waals surface area (Å²) in [5, 5.41) is 18.8. The highest BCUT2D eigenvalue weighted by Crippen LogP contribution is 2.40. The molecule has 1 aromatic carbocycles. The van der Waals surface area contributed by atoms with Crippen LogP contribution in [0.3, 0.4) is 0 Å². The van der Waals surface area contributed by atoms with Crippen LogP contribution in [-0.4, -0.2) is 41.1 Å². The van der Waals surface area contributed by atoms with Crippen LogP contribution in [0.1, 0.15) is 29.5 Å². The van der Waals surface area contributed by atoms with Crippen LogP contribution in [-0.2, 0) is 17.3 Å². The number of alkyl halides is 3. The van der Waals surface area contributed by atoms with Crippen LogP contribution >= 0.6 is 0 Å². The third-order valence-corrected chi connectivity index (χ3v) is 5.27. The van der Waals surface area contributed by atoms with Gasteiger partial charge in [0.2, 0.25) is 0 Å². The number of aryl methyl sites for hydroxylation is 1. The van der Waals surface area contributed by atoms with Crippen molar-refractivity contribution in [3.63, 3.8) is 0 Å². The Bertz CT molecular complexity index is 841. The van der Waals surface area contributed by atoms with Crippen LogP contribution in [0.2, 0.25) is 0 Å². The van der Waals surface area contributed by atoms with Crippen molar-refractivity contribution >= 4 is 5.82 Å². The molecule has 2 aliphatic rings. The molecule has 1 aromatic heterocycles. The van der Waals surface area contributed by atoms with Crippen LogP contribution < -0.4 is 4.90 Å². The Kier molecular flexibility index (Phi) is 4.46. The number of anilines is 1. The maximum atomic E-state index is 12.9. The number of phenols is 1. The van der Waals surface area contributed by atoms with Crippen molar-refractivity contribution in [2.24, 2.45) is 0 Å². The summed E-state index contributed by atoms with van der Waals surface area (Å²) in [5.74, 6) is 0.394. The van der Waals surface area contributed by atoms with Gasteiger partial charge in [-0.3, -0.25) is 0 Å². The Morgan fingerprint density at radius 1 is 1.15 bits per heavy atom. The van der Waals surface area contributed by atoms with E-state index >= 15 is 0 Å². The van der Waals surface area contributed by atoms with Gasteiger partial charge in [-0.15, -0.1) is 10.2 Å². The highest BCUT2D eigenvalue weighted by Gasteiger charge is 2.33. The molecular weight excluding hydrogens is 359 g/mol. The molecule has 0 spiro atoms. The van der Waals surface area contributed by atoms with Gasteiger partial charge in [-0.25, -0.2) is 0 Å². The van der Waals surface area contributed by atoms with Crippen molar-refractivity contribution in [2.75, 3.05) is 24.7 Å².